The standard InChI is InChI=1S/C20H15N3O3S2/c1-11-6-2-4-8-13(11)21-15(24)10-23-14-9-5-3-7-12(14)16(19(23)26)17-18(25)22-20(27)28-17/h2-9H,10H2,1H3,(H,21,24)(H,22,25,27). The summed E-state index contributed by atoms with van der Waals surface area (Å²) in [4.78, 5) is 39.6. The van der Waals surface area contributed by atoms with E-state index in [4.69, 9.17) is 12.2 Å². The lowest BCUT2D eigenvalue weighted by atomic mass is 10.1. The van der Waals surface area contributed by atoms with E-state index < -0.39 is 0 Å². The Bertz CT molecular complexity index is 1080. The molecule has 0 unspecified atom stereocenters. The van der Waals surface area contributed by atoms with E-state index >= 15 is 0 Å². The number of amides is 3. The maximum Gasteiger partial charge on any atom is 0.264 e. The van der Waals surface area contributed by atoms with E-state index in [0.717, 1.165) is 17.3 Å². The maximum absolute atomic E-state index is 13.1. The summed E-state index contributed by atoms with van der Waals surface area (Å²) in [5.41, 5.74) is 3.13. The number of rotatable bonds is 3. The van der Waals surface area contributed by atoms with Gasteiger partial charge in [-0.25, -0.2) is 0 Å². The first-order valence-corrected chi connectivity index (χ1v) is 9.72. The molecule has 2 heterocycles. The quantitative estimate of drug-likeness (QED) is 0.602. The third-order valence-electron chi connectivity index (χ3n) is 4.49. The molecular weight excluding hydrogens is 394 g/mol. The van der Waals surface area contributed by atoms with Gasteiger partial charge < -0.3 is 10.6 Å². The second kappa shape index (κ2) is 7.21. The van der Waals surface area contributed by atoms with E-state index in [2.05, 4.69) is 10.6 Å². The van der Waals surface area contributed by atoms with Gasteiger partial charge in [-0.15, -0.1) is 0 Å². The highest BCUT2D eigenvalue weighted by Crippen LogP contribution is 2.42. The molecule has 0 bridgehead atoms. The van der Waals surface area contributed by atoms with Gasteiger partial charge in [-0.2, -0.15) is 0 Å². The molecular formula is C20H15N3O3S2. The highest BCUT2D eigenvalue weighted by molar-refractivity contribution is 8.27. The Morgan fingerprint density at radius 3 is 2.57 bits per heavy atom. The fraction of sp³-hybridized carbons (Fsp3) is 0.100. The molecule has 2 aromatic carbocycles. The van der Waals surface area contributed by atoms with Crippen LogP contribution in [0.3, 0.4) is 0 Å². The van der Waals surface area contributed by atoms with Crippen molar-refractivity contribution >= 4 is 63.0 Å². The van der Waals surface area contributed by atoms with Gasteiger partial charge in [0.15, 0.2) is 0 Å². The molecule has 0 spiro atoms. The number of aryl methyl sites for hydroxylation is 1. The van der Waals surface area contributed by atoms with Crippen LogP contribution < -0.4 is 15.5 Å². The van der Waals surface area contributed by atoms with Crippen LogP contribution in [0.25, 0.3) is 5.57 Å². The number of nitrogens with zero attached hydrogens (tertiary/aromatic N) is 1. The topological polar surface area (TPSA) is 78.5 Å². The van der Waals surface area contributed by atoms with Crippen LogP contribution in [-0.2, 0) is 14.4 Å². The molecule has 0 aromatic heterocycles. The molecule has 2 N–H and O–H groups in total. The van der Waals surface area contributed by atoms with Gasteiger partial charge in [0.25, 0.3) is 11.8 Å². The molecule has 0 aliphatic carbocycles. The summed E-state index contributed by atoms with van der Waals surface area (Å²) in [6, 6.07) is 14.5. The van der Waals surface area contributed by atoms with Crippen LogP contribution in [-0.4, -0.2) is 28.6 Å². The van der Waals surface area contributed by atoms with Crippen molar-refractivity contribution in [3.05, 3.63) is 64.6 Å². The smallest absolute Gasteiger partial charge is 0.264 e. The van der Waals surface area contributed by atoms with Crippen LogP contribution in [0, 0.1) is 6.92 Å². The molecule has 1 fully saturated rings. The highest BCUT2D eigenvalue weighted by Gasteiger charge is 2.39. The zero-order chi connectivity index (χ0) is 19.8. The summed E-state index contributed by atoms with van der Waals surface area (Å²) in [7, 11) is 0. The number of thiocarbonyl (C=S) groups is 1. The van der Waals surface area contributed by atoms with Gasteiger partial charge in [-0.3, -0.25) is 19.3 Å². The zero-order valence-electron chi connectivity index (χ0n) is 14.8. The van der Waals surface area contributed by atoms with Crippen molar-refractivity contribution in [1.82, 2.24) is 5.32 Å². The molecule has 140 valence electrons. The van der Waals surface area contributed by atoms with E-state index in [9.17, 15) is 14.4 Å². The SMILES string of the molecule is Cc1ccccc1NC(=O)CN1C(=O)C(=C2SC(=S)NC2=O)c2ccccc21. The minimum atomic E-state index is -0.389. The number of nitrogens with one attached hydrogen (secondary N) is 2. The predicted octanol–water partition coefficient (Wildman–Crippen LogP) is 2.84. The normalized spacial score (nSPS) is 18.3. The van der Waals surface area contributed by atoms with Gasteiger partial charge in [-0.05, 0) is 24.6 Å². The molecule has 8 heteroatoms. The van der Waals surface area contributed by atoms with Crippen molar-refractivity contribution in [2.75, 3.05) is 16.8 Å². The maximum atomic E-state index is 13.1. The number of anilines is 2. The number of hydrogen-bond donors (Lipinski definition) is 2. The van der Waals surface area contributed by atoms with E-state index in [1.165, 1.54) is 4.90 Å². The summed E-state index contributed by atoms with van der Waals surface area (Å²) >= 11 is 6.10. The first-order chi connectivity index (χ1) is 13.5. The van der Waals surface area contributed by atoms with Crippen LogP contribution in [0.5, 0.6) is 0 Å². The van der Waals surface area contributed by atoms with Gasteiger partial charge in [0.05, 0.1) is 16.2 Å². The van der Waals surface area contributed by atoms with Crippen LogP contribution >= 0.6 is 24.0 Å². The third-order valence-corrected chi connectivity index (χ3v) is 5.72. The van der Waals surface area contributed by atoms with Crippen molar-refractivity contribution in [1.29, 1.82) is 0 Å². The van der Waals surface area contributed by atoms with Gasteiger partial charge in [0.2, 0.25) is 5.91 Å². The number of para-hydroxylation sites is 2. The van der Waals surface area contributed by atoms with Crippen molar-refractivity contribution in [2.45, 2.75) is 6.92 Å². The molecule has 2 aliphatic rings. The summed E-state index contributed by atoms with van der Waals surface area (Å²) in [6.45, 7) is 1.74. The monoisotopic (exact) mass is 409 g/mol. The number of carbonyl (C=O) groups is 3. The van der Waals surface area contributed by atoms with E-state index in [1.54, 1.807) is 30.3 Å². The summed E-state index contributed by atoms with van der Waals surface area (Å²) in [6.07, 6.45) is 0. The Balaban J connectivity index is 1.66. The number of thioether (sulfide) groups is 1. The van der Waals surface area contributed by atoms with Crippen molar-refractivity contribution in [3.8, 4) is 0 Å². The zero-order valence-corrected chi connectivity index (χ0v) is 16.4. The van der Waals surface area contributed by atoms with E-state index in [1.807, 2.05) is 25.1 Å². The molecule has 0 radical (unpaired) electrons. The first kappa shape index (κ1) is 18.4. The lowest BCUT2D eigenvalue weighted by Gasteiger charge is -2.17. The van der Waals surface area contributed by atoms with E-state index in [0.29, 0.717) is 21.3 Å². The fourth-order valence-electron chi connectivity index (χ4n) is 3.18. The van der Waals surface area contributed by atoms with Crippen LogP contribution in [0.1, 0.15) is 11.1 Å². The molecule has 2 aromatic rings. The van der Waals surface area contributed by atoms with Crippen molar-refractivity contribution in [3.63, 3.8) is 0 Å². The Kier molecular flexibility index (Phi) is 4.74. The summed E-state index contributed by atoms with van der Waals surface area (Å²) in [5, 5.41) is 5.37. The highest BCUT2D eigenvalue weighted by atomic mass is 32.2. The van der Waals surface area contributed by atoms with Crippen molar-refractivity contribution in [2.24, 2.45) is 0 Å². The van der Waals surface area contributed by atoms with Crippen LogP contribution in [0.4, 0.5) is 11.4 Å². The Labute approximate surface area is 171 Å². The molecule has 3 amide bonds. The van der Waals surface area contributed by atoms with Crippen molar-refractivity contribution < 1.29 is 14.4 Å². The first-order valence-electron chi connectivity index (χ1n) is 8.50. The lowest BCUT2D eigenvalue weighted by molar-refractivity contribution is -0.118. The second-order valence-corrected chi connectivity index (χ2v) is 8.01. The van der Waals surface area contributed by atoms with Gasteiger partial charge in [-0.1, -0.05) is 60.4 Å². The molecule has 0 atom stereocenters. The minimum Gasteiger partial charge on any atom is -0.324 e. The summed E-state index contributed by atoms with van der Waals surface area (Å²) < 4.78 is 0.313. The third kappa shape index (κ3) is 3.21. The molecule has 2 aliphatic heterocycles. The average Bonchev–Trinajstić information content (AvgIpc) is 3.13. The Hall–Kier alpha value is -2.97. The second-order valence-electron chi connectivity index (χ2n) is 6.32. The van der Waals surface area contributed by atoms with Gasteiger partial charge >= 0.3 is 0 Å². The Morgan fingerprint density at radius 1 is 1.14 bits per heavy atom. The molecule has 0 saturated carbocycles. The predicted molar refractivity (Wildman–Crippen MR) is 114 cm³/mol. The summed E-state index contributed by atoms with van der Waals surface area (Å²) in [5.74, 6) is -1.09. The lowest BCUT2D eigenvalue weighted by Crippen LogP contribution is -2.35. The molecule has 6 nitrogen and oxygen atoms in total. The number of carbonyl (C=O) groups excluding carboxylic acids is 3. The largest absolute Gasteiger partial charge is 0.324 e. The number of benzene rings is 2. The van der Waals surface area contributed by atoms with Crippen LogP contribution in [0.15, 0.2) is 53.4 Å². The van der Waals surface area contributed by atoms with Gasteiger partial charge in [0, 0.05) is 11.3 Å². The minimum absolute atomic E-state index is 0.155. The number of hydrogen-bond acceptors (Lipinski definition) is 5. The molecule has 4 rings (SSSR count). The van der Waals surface area contributed by atoms with E-state index in [-0.39, 0.29) is 34.7 Å². The number of fused-ring (bicyclic) bond motifs is 1. The molecule has 28 heavy (non-hydrogen) atoms. The van der Waals surface area contributed by atoms with Gasteiger partial charge in [0.1, 0.15) is 10.9 Å². The average molecular weight is 409 g/mol. The van der Waals surface area contributed by atoms with Crippen LogP contribution in [0.2, 0.25) is 0 Å². The molecule has 1 saturated heterocycles. The Morgan fingerprint density at radius 2 is 1.86 bits per heavy atom. The fourth-order valence-corrected chi connectivity index (χ4v) is 4.30.